The molecule has 0 aliphatic heterocycles. The van der Waals surface area contributed by atoms with E-state index in [-0.39, 0.29) is 24.8 Å². The van der Waals surface area contributed by atoms with Crippen LogP contribution in [0.4, 0.5) is 13.2 Å². The van der Waals surface area contributed by atoms with E-state index in [0.717, 1.165) is 0 Å². The number of nitrogens with one attached hydrogen (secondary N) is 3. The fraction of sp³-hybridized carbons (Fsp3) is 0.769. The number of hydrogen-bond acceptors (Lipinski definition) is 3. The lowest BCUT2D eigenvalue weighted by atomic mass is 10.2. The molecule has 0 spiro atoms. The molecule has 6 nitrogen and oxygen atoms in total. The van der Waals surface area contributed by atoms with Gasteiger partial charge in [0.2, 0.25) is 11.8 Å². The summed E-state index contributed by atoms with van der Waals surface area (Å²) < 4.78 is 35.6. The molecule has 22 heavy (non-hydrogen) atoms. The average Bonchev–Trinajstić information content (AvgIpc) is 2.40. The third-order valence-corrected chi connectivity index (χ3v) is 2.67. The smallest absolute Gasteiger partial charge is 0.356 e. The van der Waals surface area contributed by atoms with Gasteiger partial charge in [-0.25, -0.2) is 0 Å². The predicted molar refractivity (Wildman–Crippen MR) is 73.8 cm³/mol. The van der Waals surface area contributed by atoms with Crippen LogP contribution in [-0.2, 0) is 14.4 Å². The highest BCUT2D eigenvalue weighted by Crippen LogP contribution is 2.13. The first-order valence-electron chi connectivity index (χ1n) is 7.09. The first-order chi connectivity index (χ1) is 10.2. The maximum absolute atomic E-state index is 11.9. The van der Waals surface area contributed by atoms with Gasteiger partial charge >= 0.3 is 12.1 Å². The van der Waals surface area contributed by atoms with E-state index < -0.39 is 12.1 Å². The topological polar surface area (TPSA) is 87.3 Å². The van der Waals surface area contributed by atoms with Crippen LogP contribution in [0, 0.1) is 0 Å². The Hall–Kier alpha value is -1.80. The quantitative estimate of drug-likeness (QED) is 0.521. The highest BCUT2D eigenvalue weighted by atomic mass is 19.4. The Morgan fingerprint density at radius 2 is 1.41 bits per heavy atom. The first-order valence-corrected chi connectivity index (χ1v) is 7.09. The lowest BCUT2D eigenvalue weighted by Crippen LogP contribution is -2.37. The van der Waals surface area contributed by atoms with Crippen LogP contribution in [0.25, 0.3) is 0 Å². The van der Waals surface area contributed by atoms with Crippen LogP contribution in [0.15, 0.2) is 0 Å². The summed E-state index contributed by atoms with van der Waals surface area (Å²) in [4.78, 5) is 32.5. The SMILES string of the molecule is CC(=O)NCCCNC(=O)CCCCCNC(=O)C(F)(F)F. The third kappa shape index (κ3) is 12.0. The summed E-state index contributed by atoms with van der Waals surface area (Å²) in [6.45, 7) is 2.31. The Kier molecular flexibility index (Phi) is 9.97. The Morgan fingerprint density at radius 1 is 0.818 bits per heavy atom. The summed E-state index contributed by atoms with van der Waals surface area (Å²) in [5, 5.41) is 7.05. The molecule has 0 aromatic heterocycles. The molecule has 3 amide bonds. The van der Waals surface area contributed by atoms with Crippen molar-refractivity contribution < 1.29 is 27.6 Å². The number of alkyl halides is 3. The van der Waals surface area contributed by atoms with Gasteiger partial charge in [0.15, 0.2) is 0 Å². The minimum Gasteiger partial charge on any atom is -0.356 e. The highest BCUT2D eigenvalue weighted by Gasteiger charge is 2.38. The van der Waals surface area contributed by atoms with Crippen LogP contribution in [0.5, 0.6) is 0 Å². The second-order valence-corrected chi connectivity index (χ2v) is 4.75. The maximum atomic E-state index is 11.9. The molecule has 0 fully saturated rings. The van der Waals surface area contributed by atoms with Crippen molar-refractivity contribution in [1.29, 1.82) is 0 Å². The molecule has 0 aromatic carbocycles. The van der Waals surface area contributed by atoms with Crippen molar-refractivity contribution in [3.05, 3.63) is 0 Å². The molecular formula is C13H22F3N3O3. The monoisotopic (exact) mass is 325 g/mol. The van der Waals surface area contributed by atoms with Crippen molar-refractivity contribution in [2.75, 3.05) is 19.6 Å². The Bertz CT molecular complexity index is 373. The summed E-state index contributed by atoms with van der Waals surface area (Å²) in [5.74, 6) is -2.20. The van der Waals surface area contributed by atoms with Crippen molar-refractivity contribution in [2.24, 2.45) is 0 Å². The third-order valence-electron chi connectivity index (χ3n) is 2.67. The van der Waals surface area contributed by atoms with E-state index >= 15 is 0 Å². The number of amides is 3. The van der Waals surface area contributed by atoms with Crippen LogP contribution >= 0.6 is 0 Å². The molecule has 0 heterocycles. The summed E-state index contributed by atoms with van der Waals surface area (Å²) >= 11 is 0. The van der Waals surface area contributed by atoms with Gasteiger partial charge < -0.3 is 16.0 Å². The second-order valence-electron chi connectivity index (χ2n) is 4.75. The lowest BCUT2D eigenvalue weighted by Gasteiger charge is -2.08. The summed E-state index contributed by atoms with van der Waals surface area (Å²) in [5.41, 5.74) is 0. The van der Waals surface area contributed by atoms with Crippen molar-refractivity contribution in [1.82, 2.24) is 16.0 Å². The van der Waals surface area contributed by atoms with Gasteiger partial charge in [-0.15, -0.1) is 0 Å². The molecule has 3 N–H and O–H groups in total. The molecule has 0 radical (unpaired) electrons. The summed E-state index contributed by atoms with van der Waals surface area (Å²) in [6.07, 6.45) is -2.45. The molecule has 128 valence electrons. The molecule has 0 aliphatic carbocycles. The zero-order valence-corrected chi connectivity index (χ0v) is 12.5. The van der Waals surface area contributed by atoms with E-state index in [0.29, 0.717) is 38.8 Å². The highest BCUT2D eigenvalue weighted by molar-refractivity contribution is 5.81. The second kappa shape index (κ2) is 10.9. The number of halogens is 3. The standard InChI is InChI=1S/C13H22F3N3O3/c1-10(20)17-8-5-9-18-11(21)6-3-2-4-7-19-12(22)13(14,15)16/h2-9H2,1H3,(H,17,20)(H,18,21)(H,19,22). The van der Waals surface area contributed by atoms with E-state index in [2.05, 4.69) is 10.6 Å². The predicted octanol–water partition coefficient (Wildman–Crippen LogP) is 0.868. The molecule has 0 aromatic rings. The van der Waals surface area contributed by atoms with E-state index in [9.17, 15) is 27.6 Å². The molecule has 0 bridgehead atoms. The minimum absolute atomic E-state index is 0.0589. The van der Waals surface area contributed by atoms with Crippen LogP contribution in [0.2, 0.25) is 0 Å². The van der Waals surface area contributed by atoms with Crippen LogP contribution in [-0.4, -0.2) is 43.5 Å². The number of hydrogen-bond donors (Lipinski definition) is 3. The van der Waals surface area contributed by atoms with Gasteiger partial charge in [-0.3, -0.25) is 14.4 Å². The van der Waals surface area contributed by atoms with Gasteiger partial charge in [-0.2, -0.15) is 13.2 Å². The van der Waals surface area contributed by atoms with Gasteiger partial charge in [0.25, 0.3) is 0 Å². The molecule has 0 unspecified atom stereocenters. The number of carbonyl (C=O) groups is 3. The fourth-order valence-electron chi connectivity index (χ4n) is 1.56. The van der Waals surface area contributed by atoms with Crippen LogP contribution in [0.1, 0.15) is 39.0 Å². The summed E-state index contributed by atoms with van der Waals surface area (Å²) in [7, 11) is 0. The Balaban J connectivity index is 3.42. The zero-order chi connectivity index (χ0) is 17.0. The van der Waals surface area contributed by atoms with Gasteiger partial charge in [-0.05, 0) is 19.3 Å². The van der Waals surface area contributed by atoms with E-state index in [1.807, 2.05) is 0 Å². The largest absolute Gasteiger partial charge is 0.471 e. The van der Waals surface area contributed by atoms with Gasteiger partial charge in [0, 0.05) is 33.0 Å². The van der Waals surface area contributed by atoms with Gasteiger partial charge in [0.1, 0.15) is 0 Å². The lowest BCUT2D eigenvalue weighted by molar-refractivity contribution is -0.173. The first kappa shape index (κ1) is 20.2. The molecule has 9 heteroatoms. The number of unbranched alkanes of at least 4 members (excludes halogenated alkanes) is 2. The normalized spacial score (nSPS) is 10.9. The van der Waals surface area contributed by atoms with E-state index in [1.54, 1.807) is 5.32 Å². The van der Waals surface area contributed by atoms with Crippen molar-refractivity contribution in [3.63, 3.8) is 0 Å². The number of carbonyl (C=O) groups excluding carboxylic acids is 3. The van der Waals surface area contributed by atoms with Crippen molar-refractivity contribution in [2.45, 2.75) is 45.2 Å². The van der Waals surface area contributed by atoms with Crippen LogP contribution in [0.3, 0.4) is 0 Å². The fourth-order valence-corrected chi connectivity index (χ4v) is 1.56. The molecule has 0 rings (SSSR count). The Labute approximate surface area is 127 Å². The van der Waals surface area contributed by atoms with Crippen LogP contribution < -0.4 is 16.0 Å². The molecule has 0 saturated heterocycles. The molecule has 0 aliphatic rings. The molecular weight excluding hydrogens is 303 g/mol. The van der Waals surface area contributed by atoms with Crippen molar-refractivity contribution in [3.8, 4) is 0 Å². The van der Waals surface area contributed by atoms with Crippen molar-refractivity contribution >= 4 is 17.7 Å². The molecule has 0 atom stereocenters. The average molecular weight is 325 g/mol. The van der Waals surface area contributed by atoms with E-state index in [4.69, 9.17) is 0 Å². The maximum Gasteiger partial charge on any atom is 0.471 e. The number of rotatable bonds is 10. The Morgan fingerprint density at radius 3 is 2.00 bits per heavy atom. The van der Waals surface area contributed by atoms with Gasteiger partial charge in [-0.1, -0.05) is 6.42 Å². The van der Waals surface area contributed by atoms with E-state index in [1.165, 1.54) is 6.92 Å². The van der Waals surface area contributed by atoms with Gasteiger partial charge in [0.05, 0.1) is 0 Å². The summed E-state index contributed by atoms with van der Waals surface area (Å²) in [6, 6.07) is 0. The molecule has 0 saturated carbocycles. The zero-order valence-electron chi connectivity index (χ0n) is 12.5. The minimum atomic E-state index is -4.85.